The summed E-state index contributed by atoms with van der Waals surface area (Å²) in [6.45, 7) is 0. The van der Waals surface area contributed by atoms with Crippen LogP contribution < -0.4 is 10.9 Å². The number of benzene rings is 2. The molecule has 0 bridgehead atoms. The first-order valence-corrected chi connectivity index (χ1v) is 7.26. The van der Waals surface area contributed by atoms with Crippen molar-refractivity contribution < 1.29 is 19.8 Å². The molecular weight excluding hydrogens is 324 g/mol. The molecule has 0 aliphatic rings. The highest BCUT2D eigenvalue weighted by Crippen LogP contribution is 2.13. The Balaban J connectivity index is 1.77. The van der Waals surface area contributed by atoms with Gasteiger partial charge in [0.2, 0.25) is 11.8 Å². The van der Waals surface area contributed by atoms with Gasteiger partial charge in [0.15, 0.2) is 0 Å². The molecule has 0 aromatic heterocycles. The van der Waals surface area contributed by atoms with E-state index in [1.54, 1.807) is 36.4 Å². The van der Waals surface area contributed by atoms with Crippen LogP contribution in [0.3, 0.4) is 0 Å². The lowest BCUT2D eigenvalue weighted by molar-refractivity contribution is -0.129. The van der Waals surface area contributed by atoms with Crippen molar-refractivity contribution >= 4 is 24.2 Å². The van der Waals surface area contributed by atoms with Crippen molar-refractivity contribution in [3.05, 3.63) is 59.7 Å². The van der Waals surface area contributed by atoms with Gasteiger partial charge in [0.05, 0.1) is 12.4 Å². The third-order valence-electron chi connectivity index (χ3n) is 2.98. The molecule has 0 atom stereocenters. The second-order valence-corrected chi connectivity index (χ2v) is 4.88. The highest BCUT2D eigenvalue weighted by atomic mass is 16.3. The zero-order valence-electron chi connectivity index (χ0n) is 13.1. The van der Waals surface area contributed by atoms with Crippen molar-refractivity contribution in [1.29, 1.82) is 0 Å². The van der Waals surface area contributed by atoms with Crippen molar-refractivity contribution in [2.45, 2.75) is 6.42 Å². The van der Waals surface area contributed by atoms with E-state index in [1.807, 2.05) is 0 Å². The number of hydrogen-bond acceptors (Lipinski definition) is 6. The molecule has 0 radical (unpaired) electrons. The highest BCUT2D eigenvalue weighted by Gasteiger charge is 2.07. The van der Waals surface area contributed by atoms with Crippen molar-refractivity contribution in [3.63, 3.8) is 0 Å². The number of nitrogens with one attached hydrogen (secondary N) is 2. The maximum atomic E-state index is 11.6. The molecular formula is C17H16N4O4. The van der Waals surface area contributed by atoms with E-state index < -0.39 is 18.2 Å². The van der Waals surface area contributed by atoms with Gasteiger partial charge < -0.3 is 10.2 Å². The fourth-order valence-corrected chi connectivity index (χ4v) is 1.77. The standard InChI is InChI=1S/C17H16N4O4/c22-14-7-3-1-5-12(14)10-18-20-16(24)9-17(25)21-19-11-13-6-2-4-8-15(13)23/h1-8,10-11,22-23H,9H2,(H,20,24)(H,21,25). The summed E-state index contributed by atoms with van der Waals surface area (Å²) in [5.74, 6) is -1.22. The Morgan fingerprint density at radius 3 is 1.60 bits per heavy atom. The molecule has 0 aliphatic carbocycles. The summed E-state index contributed by atoms with van der Waals surface area (Å²) in [5.41, 5.74) is 5.21. The second kappa shape index (κ2) is 8.82. The van der Waals surface area contributed by atoms with E-state index in [4.69, 9.17) is 0 Å². The van der Waals surface area contributed by atoms with E-state index in [2.05, 4.69) is 21.1 Å². The quantitative estimate of drug-likeness (QED) is 0.357. The molecule has 2 amide bonds. The maximum Gasteiger partial charge on any atom is 0.249 e. The average molecular weight is 340 g/mol. The lowest BCUT2D eigenvalue weighted by atomic mass is 10.2. The second-order valence-electron chi connectivity index (χ2n) is 4.88. The summed E-state index contributed by atoms with van der Waals surface area (Å²) < 4.78 is 0. The topological polar surface area (TPSA) is 123 Å². The maximum absolute atomic E-state index is 11.6. The van der Waals surface area contributed by atoms with Gasteiger partial charge >= 0.3 is 0 Å². The van der Waals surface area contributed by atoms with Gasteiger partial charge in [-0.15, -0.1) is 0 Å². The number of phenolic OH excluding ortho intramolecular Hbond substituents is 2. The fraction of sp³-hybridized carbons (Fsp3) is 0.0588. The van der Waals surface area contributed by atoms with Crippen LogP contribution in [0.5, 0.6) is 11.5 Å². The monoisotopic (exact) mass is 340 g/mol. The minimum atomic E-state index is -0.637. The van der Waals surface area contributed by atoms with Crippen LogP contribution in [0.25, 0.3) is 0 Å². The van der Waals surface area contributed by atoms with Crippen LogP contribution >= 0.6 is 0 Å². The number of amides is 2. The highest BCUT2D eigenvalue weighted by molar-refractivity contribution is 5.97. The molecule has 0 spiro atoms. The summed E-state index contributed by atoms with van der Waals surface area (Å²) in [7, 11) is 0. The molecule has 25 heavy (non-hydrogen) atoms. The van der Waals surface area contributed by atoms with E-state index in [9.17, 15) is 19.8 Å². The first-order chi connectivity index (χ1) is 12.1. The first kappa shape index (κ1) is 17.7. The minimum Gasteiger partial charge on any atom is -0.507 e. The number of aromatic hydroxyl groups is 2. The third kappa shape index (κ3) is 5.79. The molecule has 8 nitrogen and oxygen atoms in total. The van der Waals surface area contributed by atoms with Gasteiger partial charge in [-0.05, 0) is 24.3 Å². The predicted molar refractivity (Wildman–Crippen MR) is 92.3 cm³/mol. The number of nitrogens with zero attached hydrogens (tertiary/aromatic N) is 2. The summed E-state index contributed by atoms with van der Waals surface area (Å²) in [6, 6.07) is 12.9. The molecule has 0 fully saturated rings. The Labute approximate surface area is 143 Å². The molecule has 128 valence electrons. The average Bonchev–Trinajstić information content (AvgIpc) is 2.58. The Morgan fingerprint density at radius 2 is 1.20 bits per heavy atom. The summed E-state index contributed by atoms with van der Waals surface area (Å²) in [5, 5.41) is 26.4. The number of hydrogen-bond donors (Lipinski definition) is 4. The predicted octanol–water partition coefficient (Wildman–Crippen LogP) is 1.09. The normalized spacial score (nSPS) is 10.9. The van der Waals surface area contributed by atoms with Crippen LogP contribution in [0.15, 0.2) is 58.7 Å². The molecule has 2 aromatic rings. The lowest BCUT2D eigenvalue weighted by Gasteiger charge is -2.00. The van der Waals surface area contributed by atoms with E-state index in [0.717, 1.165) is 0 Å². The van der Waals surface area contributed by atoms with Crippen LogP contribution in [-0.2, 0) is 9.59 Å². The molecule has 4 N–H and O–H groups in total. The van der Waals surface area contributed by atoms with Crippen LogP contribution in [-0.4, -0.2) is 34.5 Å². The van der Waals surface area contributed by atoms with Gasteiger partial charge in [-0.25, -0.2) is 10.9 Å². The minimum absolute atomic E-state index is 0.0248. The largest absolute Gasteiger partial charge is 0.507 e. The van der Waals surface area contributed by atoms with E-state index in [1.165, 1.54) is 24.6 Å². The Hall–Kier alpha value is -3.68. The molecule has 8 heteroatoms. The first-order valence-electron chi connectivity index (χ1n) is 7.26. The molecule has 0 unspecified atom stereocenters. The van der Waals surface area contributed by atoms with Gasteiger partial charge in [0, 0.05) is 11.1 Å². The van der Waals surface area contributed by atoms with Crippen LogP contribution in [0.2, 0.25) is 0 Å². The third-order valence-corrected chi connectivity index (χ3v) is 2.98. The van der Waals surface area contributed by atoms with Gasteiger partial charge in [0.1, 0.15) is 17.9 Å². The number of para-hydroxylation sites is 2. The molecule has 0 saturated carbocycles. The van der Waals surface area contributed by atoms with Crippen LogP contribution in [0.4, 0.5) is 0 Å². The van der Waals surface area contributed by atoms with Gasteiger partial charge in [-0.3, -0.25) is 9.59 Å². The smallest absolute Gasteiger partial charge is 0.249 e. The van der Waals surface area contributed by atoms with Crippen molar-refractivity contribution in [2.75, 3.05) is 0 Å². The van der Waals surface area contributed by atoms with Crippen molar-refractivity contribution in [1.82, 2.24) is 10.9 Å². The van der Waals surface area contributed by atoms with E-state index in [0.29, 0.717) is 11.1 Å². The van der Waals surface area contributed by atoms with Crippen molar-refractivity contribution in [2.24, 2.45) is 10.2 Å². The van der Waals surface area contributed by atoms with Crippen LogP contribution in [0.1, 0.15) is 17.5 Å². The molecule has 0 saturated heterocycles. The SMILES string of the molecule is O=C(CC(=O)NN=Cc1ccccc1O)NN=Cc1ccccc1O. The van der Waals surface area contributed by atoms with E-state index in [-0.39, 0.29) is 11.5 Å². The van der Waals surface area contributed by atoms with Crippen molar-refractivity contribution in [3.8, 4) is 11.5 Å². The number of hydrazone groups is 2. The zero-order chi connectivity index (χ0) is 18.1. The number of carbonyl (C=O) groups excluding carboxylic acids is 2. The van der Waals surface area contributed by atoms with Crippen LogP contribution in [0, 0.1) is 0 Å². The Morgan fingerprint density at radius 1 is 0.800 bits per heavy atom. The molecule has 0 heterocycles. The summed E-state index contributed by atoms with van der Waals surface area (Å²) in [4.78, 5) is 23.2. The number of rotatable bonds is 6. The van der Waals surface area contributed by atoms with Gasteiger partial charge in [-0.1, -0.05) is 24.3 Å². The Kier molecular flexibility index (Phi) is 6.24. The lowest BCUT2D eigenvalue weighted by Crippen LogP contribution is -2.27. The molecule has 2 aromatic carbocycles. The fourth-order valence-electron chi connectivity index (χ4n) is 1.77. The zero-order valence-corrected chi connectivity index (χ0v) is 13.1. The number of phenols is 2. The Bertz CT molecular complexity index is 750. The van der Waals surface area contributed by atoms with E-state index >= 15 is 0 Å². The van der Waals surface area contributed by atoms with Gasteiger partial charge in [0.25, 0.3) is 0 Å². The summed E-state index contributed by atoms with van der Waals surface area (Å²) in [6.07, 6.45) is 2.05. The van der Waals surface area contributed by atoms with Gasteiger partial charge in [-0.2, -0.15) is 10.2 Å². The number of carbonyl (C=O) groups is 2. The summed E-state index contributed by atoms with van der Waals surface area (Å²) >= 11 is 0. The molecule has 2 rings (SSSR count). The molecule has 0 aliphatic heterocycles.